The van der Waals surface area contributed by atoms with Crippen molar-refractivity contribution in [2.24, 2.45) is 5.10 Å². The summed E-state index contributed by atoms with van der Waals surface area (Å²) in [6, 6.07) is 14.2. The predicted octanol–water partition coefficient (Wildman–Crippen LogP) is 4.43. The van der Waals surface area contributed by atoms with Gasteiger partial charge in [0.05, 0.1) is 19.2 Å². The summed E-state index contributed by atoms with van der Waals surface area (Å²) in [5.74, 6) is 0.731. The molecule has 144 valence electrons. The number of phenolic OH excluding ortho intramolecular Hbond substituents is 1. The van der Waals surface area contributed by atoms with Crippen molar-refractivity contribution in [3.8, 4) is 11.5 Å². The highest BCUT2D eigenvalue weighted by molar-refractivity contribution is 5.85. The SMILES string of the molecule is CCCCCCCOc1ccccc1/C=N\NC(=O)Cc1ccc(O)cc1. The van der Waals surface area contributed by atoms with E-state index in [0.29, 0.717) is 6.61 Å². The van der Waals surface area contributed by atoms with Gasteiger partial charge in [0.25, 0.3) is 0 Å². The second-order valence-corrected chi connectivity index (χ2v) is 6.44. The number of rotatable bonds is 11. The predicted molar refractivity (Wildman–Crippen MR) is 108 cm³/mol. The van der Waals surface area contributed by atoms with Gasteiger partial charge in [0.15, 0.2) is 0 Å². The molecule has 0 aromatic heterocycles. The number of nitrogens with one attached hydrogen (secondary N) is 1. The minimum Gasteiger partial charge on any atom is -0.508 e. The number of hydrogen-bond donors (Lipinski definition) is 2. The molecule has 0 heterocycles. The van der Waals surface area contributed by atoms with Gasteiger partial charge in [0, 0.05) is 5.56 Å². The average Bonchev–Trinajstić information content (AvgIpc) is 2.67. The summed E-state index contributed by atoms with van der Waals surface area (Å²) in [5.41, 5.74) is 4.17. The number of amides is 1. The number of nitrogens with zero attached hydrogens (tertiary/aromatic N) is 1. The number of carbonyl (C=O) groups is 1. The first-order valence-electron chi connectivity index (χ1n) is 9.50. The molecule has 0 spiro atoms. The number of carbonyl (C=O) groups excluding carboxylic acids is 1. The van der Waals surface area contributed by atoms with Crippen molar-refractivity contribution in [3.63, 3.8) is 0 Å². The lowest BCUT2D eigenvalue weighted by Gasteiger charge is -2.08. The van der Waals surface area contributed by atoms with E-state index in [-0.39, 0.29) is 18.1 Å². The molecule has 0 aliphatic rings. The van der Waals surface area contributed by atoms with Gasteiger partial charge in [0.2, 0.25) is 5.91 Å². The second-order valence-electron chi connectivity index (χ2n) is 6.44. The van der Waals surface area contributed by atoms with Crippen molar-refractivity contribution in [1.82, 2.24) is 5.43 Å². The van der Waals surface area contributed by atoms with E-state index in [1.165, 1.54) is 25.7 Å². The summed E-state index contributed by atoms with van der Waals surface area (Å²) >= 11 is 0. The van der Waals surface area contributed by atoms with Crippen LogP contribution < -0.4 is 10.2 Å². The van der Waals surface area contributed by atoms with Crippen LogP contribution in [0, 0.1) is 0 Å². The molecular formula is C22H28N2O3. The monoisotopic (exact) mass is 368 g/mol. The van der Waals surface area contributed by atoms with Crippen LogP contribution in [0.3, 0.4) is 0 Å². The van der Waals surface area contributed by atoms with Crippen molar-refractivity contribution in [2.75, 3.05) is 6.61 Å². The van der Waals surface area contributed by atoms with Gasteiger partial charge in [-0.05, 0) is 36.2 Å². The van der Waals surface area contributed by atoms with Crippen molar-refractivity contribution >= 4 is 12.1 Å². The highest BCUT2D eigenvalue weighted by atomic mass is 16.5. The molecule has 5 heteroatoms. The lowest BCUT2D eigenvalue weighted by Crippen LogP contribution is -2.19. The lowest BCUT2D eigenvalue weighted by atomic mass is 10.1. The van der Waals surface area contributed by atoms with Crippen LogP contribution in [0.4, 0.5) is 0 Å². The summed E-state index contributed by atoms with van der Waals surface area (Å²) in [7, 11) is 0. The Morgan fingerprint density at radius 3 is 2.59 bits per heavy atom. The average molecular weight is 368 g/mol. The smallest absolute Gasteiger partial charge is 0.244 e. The number of ether oxygens (including phenoxy) is 1. The van der Waals surface area contributed by atoms with E-state index in [1.54, 1.807) is 30.5 Å². The van der Waals surface area contributed by atoms with Gasteiger partial charge in [-0.2, -0.15) is 5.10 Å². The number of para-hydroxylation sites is 1. The number of aromatic hydroxyl groups is 1. The molecule has 2 rings (SSSR count). The first kappa shape index (κ1) is 20.5. The van der Waals surface area contributed by atoms with Crippen LogP contribution in [0.5, 0.6) is 11.5 Å². The Kier molecular flexibility index (Phi) is 8.90. The van der Waals surface area contributed by atoms with Gasteiger partial charge in [-0.1, -0.05) is 56.9 Å². The molecule has 0 aliphatic carbocycles. The van der Waals surface area contributed by atoms with Gasteiger partial charge in [-0.3, -0.25) is 4.79 Å². The fourth-order valence-electron chi connectivity index (χ4n) is 2.62. The first-order valence-corrected chi connectivity index (χ1v) is 9.50. The number of hydrogen-bond acceptors (Lipinski definition) is 4. The standard InChI is InChI=1S/C22H28N2O3/c1-2-3-4-5-8-15-27-21-10-7-6-9-19(21)17-23-24-22(26)16-18-11-13-20(25)14-12-18/h6-7,9-14,17,25H,2-5,8,15-16H2,1H3,(H,24,26)/b23-17-. The molecule has 0 fully saturated rings. The molecule has 27 heavy (non-hydrogen) atoms. The third-order valence-corrected chi connectivity index (χ3v) is 4.12. The maximum Gasteiger partial charge on any atom is 0.244 e. The van der Waals surface area contributed by atoms with Crippen LogP contribution in [0.15, 0.2) is 53.6 Å². The molecule has 0 saturated carbocycles. The minimum absolute atomic E-state index is 0.180. The molecule has 1 amide bonds. The maximum atomic E-state index is 12.0. The van der Waals surface area contributed by atoms with Crippen LogP contribution in [-0.2, 0) is 11.2 Å². The zero-order valence-electron chi connectivity index (χ0n) is 15.9. The maximum absolute atomic E-state index is 12.0. The van der Waals surface area contributed by atoms with Crippen molar-refractivity contribution < 1.29 is 14.6 Å². The van der Waals surface area contributed by atoms with Crippen molar-refractivity contribution in [2.45, 2.75) is 45.4 Å². The molecule has 0 atom stereocenters. The Bertz CT molecular complexity index is 727. The Hall–Kier alpha value is -2.82. The highest BCUT2D eigenvalue weighted by Gasteiger charge is 2.03. The molecule has 0 unspecified atom stereocenters. The van der Waals surface area contributed by atoms with E-state index in [0.717, 1.165) is 23.3 Å². The Balaban J connectivity index is 1.80. The molecular weight excluding hydrogens is 340 g/mol. The van der Waals surface area contributed by atoms with Crippen LogP contribution in [0.1, 0.15) is 50.2 Å². The second kappa shape index (κ2) is 11.7. The number of benzene rings is 2. The zero-order chi connectivity index (χ0) is 19.3. The van der Waals surface area contributed by atoms with Gasteiger partial charge >= 0.3 is 0 Å². The van der Waals surface area contributed by atoms with E-state index in [4.69, 9.17) is 4.74 Å². The number of phenols is 1. The molecule has 5 nitrogen and oxygen atoms in total. The molecule has 0 aliphatic heterocycles. The zero-order valence-corrected chi connectivity index (χ0v) is 15.9. The number of unbranched alkanes of at least 4 members (excludes halogenated alkanes) is 4. The van der Waals surface area contributed by atoms with Crippen LogP contribution in [0.25, 0.3) is 0 Å². The topological polar surface area (TPSA) is 70.9 Å². The van der Waals surface area contributed by atoms with E-state index in [1.807, 2.05) is 24.3 Å². The largest absolute Gasteiger partial charge is 0.508 e. The van der Waals surface area contributed by atoms with Crippen LogP contribution >= 0.6 is 0 Å². The van der Waals surface area contributed by atoms with Crippen molar-refractivity contribution in [1.29, 1.82) is 0 Å². The molecule has 0 radical (unpaired) electrons. The van der Waals surface area contributed by atoms with Gasteiger partial charge in [-0.25, -0.2) is 5.43 Å². The number of hydrazone groups is 1. The van der Waals surface area contributed by atoms with Gasteiger partial charge in [-0.15, -0.1) is 0 Å². The first-order chi connectivity index (χ1) is 13.2. The fourth-order valence-corrected chi connectivity index (χ4v) is 2.62. The normalized spacial score (nSPS) is 10.9. The lowest BCUT2D eigenvalue weighted by molar-refractivity contribution is -0.120. The van der Waals surface area contributed by atoms with E-state index in [9.17, 15) is 9.90 Å². The Labute approximate surface area is 161 Å². The summed E-state index contributed by atoms with van der Waals surface area (Å²) in [5, 5.41) is 13.3. The quantitative estimate of drug-likeness (QED) is 0.350. The third kappa shape index (κ3) is 7.94. The Morgan fingerprint density at radius 2 is 1.81 bits per heavy atom. The van der Waals surface area contributed by atoms with Crippen LogP contribution in [0.2, 0.25) is 0 Å². The summed E-state index contributed by atoms with van der Waals surface area (Å²) in [4.78, 5) is 12.0. The molecule has 2 aromatic carbocycles. The molecule has 0 bridgehead atoms. The van der Waals surface area contributed by atoms with Gasteiger partial charge in [0.1, 0.15) is 11.5 Å². The van der Waals surface area contributed by atoms with Crippen LogP contribution in [-0.4, -0.2) is 23.8 Å². The van der Waals surface area contributed by atoms with Gasteiger partial charge < -0.3 is 9.84 Å². The molecule has 0 saturated heterocycles. The Morgan fingerprint density at radius 1 is 1.07 bits per heavy atom. The molecule has 2 N–H and O–H groups in total. The van der Waals surface area contributed by atoms with E-state index < -0.39 is 0 Å². The summed E-state index contributed by atoms with van der Waals surface area (Å²) in [6.07, 6.45) is 7.77. The van der Waals surface area contributed by atoms with E-state index >= 15 is 0 Å². The van der Waals surface area contributed by atoms with E-state index in [2.05, 4.69) is 17.5 Å². The highest BCUT2D eigenvalue weighted by Crippen LogP contribution is 2.16. The van der Waals surface area contributed by atoms with Crippen molar-refractivity contribution in [3.05, 3.63) is 59.7 Å². The minimum atomic E-state index is -0.216. The fraction of sp³-hybridized carbons (Fsp3) is 0.364. The third-order valence-electron chi connectivity index (χ3n) is 4.12. The summed E-state index contributed by atoms with van der Waals surface area (Å²) in [6.45, 7) is 2.89. The summed E-state index contributed by atoms with van der Waals surface area (Å²) < 4.78 is 5.85. The molecule has 2 aromatic rings.